The van der Waals surface area contributed by atoms with E-state index in [2.05, 4.69) is 22.5 Å². The molecule has 0 bridgehead atoms. The van der Waals surface area contributed by atoms with Crippen molar-refractivity contribution in [3.05, 3.63) is 16.1 Å². The van der Waals surface area contributed by atoms with E-state index < -0.39 is 0 Å². The van der Waals surface area contributed by atoms with E-state index in [1.54, 1.807) is 11.3 Å². The molecular weight excluding hydrogens is 246 g/mol. The monoisotopic (exact) mass is 269 g/mol. The Kier molecular flexibility index (Phi) is 6.29. The summed E-state index contributed by atoms with van der Waals surface area (Å²) in [6, 6.07) is 0.373. The van der Waals surface area contributed by atoms with E-state index >= 15 is 0 Å². The molecule has 18 heavy (non-hydrogen) atoms. The Morgan fingerprint density at radius 1 is 1.50 bits per heavy atom. The molecule has 0 saturated heterocycles. The summed E-state index contributed by atoms with van der Waals surface area (Å²) in [4.78, 5) is 16.1. The number of hydrogen-bond acceptors (Lipinski definition) is 4. The minimum Gasteiger partial charge on any atom is -0.353 e. The van der Waals surface area contributed by atoms with Gasteiger partial charge in [-0.2, -0.15) is 0 Å². The third-order valence-electron chi connectivity index (χ3n) is 2.71. The molecule has 1 heterocycles. The van der Waals surface area contributed by atoms with E-state index in [0.717, 1.165) is 23.5 Å². The molecule has 0 aliphatic carbocycles. The summed E-state index contributed by atoms with van der Waals surface area (Å²) in [7, 11) is 0. The van der Waals surface area contributed by atoms with Gasteiger partial charge in [-0.05, 0) is 27.2 Å². The molecule has 0 saturated carbocycles. The largest absolute Gasteiger partial charge is 0.353 e. The molecule has 2 unspecified atom stereocenters. The second kappa shape index (κ2) is 7.48. The molecule has 1 aromatic rings. The molecule has 2 N–H and O–H groups in total. The van der Waals surface area contributed by atoms with Gasteiger partial charge >= 0.3 is 0 Å². The van der Waals surface area contributed by atoms with E-state index in [1.807, 2.05) is 26.2 Å². The summed E-state index contributed by atoms with van der Waals surface area (Å²) < 4.78 is 0. The number of hydrogen-bond donors (Lipinski definition) is 2. The quantitative estimate of drug-likeness (QED) is 0.799. The highest BCUT2D eigenvalue weighted by Crippen LogP contribution is 2.16. The molecule has 1 rings (SSSR count). The van der Waals surface area contributed by atoms with E-state index in [-0.39, 0.29) is 18.0 Å². The summed E-state index contributed by atoms with van der Waals surface area (Å²) in [5.41, 5.74) is 1.03. The zero-order valence-corrected chi connectivity index (χ0v) is 12.4. The van der Waals surface area contributed by atoms with Crippen molar-refractivity contribution in [3.63, 3.8) is 0 Å². The molecule has 0 fully saturated rings. The van der Waals surface area contributed by atoms with Crippen molar-refractivity contribution in [1.82, 2.24) is 15.6 Å². The van der Waals surface area contributed by atoms with Crippen LogP contribution in [0, 0.1) is 6.92 Å². The van der Waals surface area contributed by atoms with Gasteiger partial charge in [0.1, 0.15) is 5.01 Å². The van der Waals surface area contributed by atoms with E-state index in [1.165, 1.54) is 0 Å². The fourth-order valence-electron chi connectivity index (χ4n) is 1.74. The first-order chi connectivity index (χ1) is 8.52. The SMILES string of the molecule is CCCC(C)NC(=O)CNC(C)c1nc(C)cs1. The summed E-state index contributed by atoms with van der Waals surface area (Å²) in [5, 5.41) is 9.22. The fraction of sp³-hybridized carbons (Fsp3) is 0.692. The topological polar surface area (TPSA) is 54.0 Å². The first-order valence-electron chi connectivity index (χ1n) is 6.47. The van der Waals surface area contributed by atoms with E-state index in [9.17, 15) is 4.79 Å². The Morgan fingerprint density at radius 3 is 2.78 bits per heavy atom. The molecule has 1 amide bonds. The normalized spacial score (nSPS) is 14.2. The summed E-state index contributed by atoms with van der Waals surface area (Å²) in [5.74, 6) is 0.0519. The van der Waals surface area contributed by atoms with Crippen LogP contribution in [0.4, 0.5) is 0 Å². The van der Waals surface area contributed by atoms with E-state index in [0.29, 0.717) is 6.54 Å². The molecule has 0 spiro atoms. The van der Waals surface area contributed by atoms with Crippen LogP contribution < -0.4 is 10.6 Å². The maximum atomic E-state index is 11.7. The second-order valence-electron chi connectivity index (χ2n) is 4.69. The summed E-state index contributed by atoms with van der Waals surface area (Å²) in [6.45, 7) is 8.50. The number of amides is 1. The number of rotatable bonds is 7. The van der Waals surface area contributed by atoms with Crippen molar-refractivity contribution in [1.29, 1.82) is 0 Å². The van der Waals surface area contributed by atoms with Crippen LogP contribution in [-0.4, -0.2) is 23.5 Å². The molecule has 5 heteroatoms. The van der Waals surface area contributed by atoms with Crippen LogP contribution in [0.25, 0.3) is 0 Å². The zero-order chi connectivity index (χ0) is 13.5. The molecule has 0 aliphatic rings. The minimum atomic E-state index is 0.0519. The highest BCUT2D eigenvalue weighted by atomic mass is 32.1. The highest BCUT2D eigenvalue weighted by Gasteiger charge is 2.11. The predicted octanol–water partition coefficient (Wildman–Crippen LogP) is 2.41. The third kappa shape index (κ3) is 5.14. The van der Waals surface area contributed by atoms with Gasteiger partial charge in [0.25, 0.3) is 0 Å². The lowest BCUT2D eigenvalue weighted by molar-refractivity contribution is -0.121. The number of nitrogens with zero attached hydrogens (tertiary/aromatic N) is 1. The Morgan fingerprint density at radius 2 is 2.22 bits per heavy atom. The predicted molar refractivity (Wildman–Crippen MR) is 75.8 cm³/mol. The van der Waals surface area contributed by atoms with Gasteiger partial charge in [-0.3, -0.25) is 10.1 Å². The van der Waals surface area contributed by atoms with Gasteiger partial charge in [0.05, 0.1) is 12.6 Å². The van der Waals surface area contributed by atoms with Crippen LogP contribution in [0.2, 0.25) is 0 Å². The average Bonchev–Trinajstić information content (AvgIpc) is 2.73. The van der Waals surface area contributed by atoms with Crippen molar-refractivity contribution in [2.24, 2.45) is 0 Å². The number of carbonyl (C=O) groups excluding carboxylic acids is 1. The fourth-order valence-corrected chi connectivity index (χ4v) is 2.56. The average molecular weight is 269 g/mol. The van der Waals surface area contributed by atoms with Gasteiger partial charge in [-0.1, -0.05) is 13.3 Å². The van der Waals surface area contributed by atoms with E-state index in [4.69, 9.17) is 0 Å². The lowest BCUT2D eigenvalue weighted by Crippen LogP contribution is -2.39. The van der Waals surface area contributed by atoms with Crippen LogP contribution >= 0.6 is 11.3 Å². The number of thiazole rings is 1. The first kappa shape index (κ1) is 15.1. The Labute approximate surface area is 113 Å². The number of aromatic nitrogens is 1. The molecule has 4 nitrogen and oxygen atoms in total. The van der Waals surface area contributed by atoms with Crippen LogP contribution in [0.3, 0.4) is 0 Å². The third-order valence-corrected chi connectivity index (χ3v) is 3.85. The molecule has 0 radical (unpaired) electrons. The Hall–Kier alpha value is -0.940. The Balaban J connectivity index is 2.30. The van der Waals surface area contributed by atoms with Crippen LogP contribution in [0.1, 0.15) is 50.4 Å². The van der Waals surface area contributed by atoms with Gasteiger partial charge in [-0.25, -0.2) is 4.98 Å². The number of carbonyl (C=O) groups is 1. The van der Waals surface area contributed by atoms with Gasteiger partial charge in [0.2, 0.25) is 5.91 Å². The number of aryl methyl sites for hydroxylation is 1. The maximum Gasteiger partial charge on any atom is 0.234 e. The van der Waals surface area contributed by atoms with Crippen molar-refractivity contribution in [2.75, 3.05) is 6.54 Å². The van der Waals surface area contributed by atoms with Crippen molar-refractivity contribution in [2.45, 2.75) is 52.6 Å². The van der Waals surface area contributed by atoms with Crippen LogP contribution in [-0.2, 0) is 4.79 Å². The minimum absolute atomic E-state index is 0.0519. The van der Waals surface area contributed by atoms with Gasteiger partial charge in [0.15, 0.2) is 0 Å². The molecule has 1 aromatic heterocycles. The molecule has 2 atom stereocenters. The van der Waals surface area contributed by atoms with Crippen LogP contribution in [0.15, 0.2) is 5.38 Å². The lowest BCUT2D eigenvalue weighted by atomic mass is 10.2. The van der Waals surface area contributed by atoms with Crippen molar-refractivity contribution >= 4 is 17.2 Å². The molecular formula is C13H23N3OS. The molecule has 0 aromatic carbocycles. The summed E-state index contributed by atoms with van der Waals surface area (Å²) in [6.07, 6.45) is 2.11. The van der Waals surface area contributed by atoms with Crippen LogP contribution in [0.5, 0.6) is 0 Å². The van der Waals surface area contributed by atoms with Gasteiger partial charge in [0, 0.05) is 17.1 Å². The second-order valence-corrected chi connectivity index (χ2v) is 5.58. The smallest absolute Gasteiger partial charge is 0.234 e. The Bertz CT molecular complexity index is 378. The standard InChI is InChI=1S/C13H23N3OS/c1-5-6-9(2)15-12(17)7-14-11(4)13-16-10(3)8-18-13/h8-9,11,14H,5-7H2,1-4H3,(H,15,17). The summed E-state index contributed by atoms with van der Waals surface area (Å²) >= 11 is 1.63. The zero-order valence-electron chi connectivity index (χ0n) is 11.6. The van der Waals surface area contributed by atoms with Gasteiger partial charge < -0.3 is 5.32 Å². The number of nitrogens with one attached hydrogen (secondary N) is 2. The molecule has 0 aliphatic heterocycles. The lowest BCUT2D eigenvalue weighted by Gasteiger charge is -2.15. The maximum absolute atomic E-state index is 11.7. The van der Waals surface area contributed by atoms with Crippen molar-refractivity contribution < 1.29 is 4.79 Å². The van der Waals surface area contributed by atoms with Crippen molar-refractivity contribution in [3.8, 4) is 0 Å². The highest BCUT2D eigenvalue weighted by molar-refractivity contribution is 7.09. The van der Waals surface area contributed by atoms with Gasteiger partial charge in [-0.15, -0.1) is 11.3 Å². The first-order valence-corrected chi connectivity index (χ1v) is 7.35. The molecule has 102 valence electrons.